The van der Waals surface area contributed by atoms with Crippen molar-refractivity contribution in [3.63, 3.8) is 0 Å². The third-order valence-electron chi connectivity index (χ3n) is 2.87. The second-order valence-electron chi connectivity index (χ2n) is 4.21. The summed E-state index contributed by atoms with van der Waals surface area (Å²) >= 11 is 6.02. The van der Waals surface area contributed by atoms with Gasteiger partial charge < -0.3 is 5.73 Å². The van der Waals surface area contributed by atoms with Crippen LogP contribution in [-0.4, -0.2) is 9.78 Å². The molecule has 0 bridgehead atoms. The summed E-state index contributed by atoms with van der Waals surface area (Å²) < 4.78 is 29.1. The normalized spacial score (nSPS) is 12.7. The van der Waals surface area contributed by atoms with Crippen molar-refractivity contribution in [2.45, 2.75) is 25.9 Å². The summed E-state index contributed by atoms with van der Waals surface area (Å²) in [6.45, 7) is 2.56. The lowest BCUT2D eigenvalue weighted by Crippen LogP contribution is -2.20. The van der Waals surface area contributed by atoms with Crippen LogP contribution in [0, 0.1) is 11.6 Å². The highest BCUT2D eigenvalue weighted by Gasteiger charge is 2.24. The molecule has 2 rings (SSSR count). The van der Waals surface area contributed by atoms with Gasteiger partial charge in [0, 0.05) is 12.1 Å². The zero-order valence-electron chi connectivity index (χ0n) is 10.4. The van der Waals surface area contributed by atoms with Gasteiger partial charge in [0.25, 0.3) is 0 Å². The molecule has 1 unspecified atom stereocenters. The summed E-state index contributed by atoms with van der Waals surface area (Å²) in [4.78, 5) is 0. The van der Waals surface area contributed by atoms with Gasteiger partial charge in [0.2, 0.25) is 0 Å². The molecule has 3 nitrogen and oxygen atoms in total. The molecule has 1 heterocycles. The molecule has 0 aliphatic carbocycles. The third kappa shape index (κ3) is 2.62. The molecule has 0 aliphatic rings. The molecule has 102 valence electrons. The topological polar surface area (TPSA) is 43.8 Å². The van der Waals surface area contributed by atoms with Gasteiger partial charge in [-0.15, -0.1) is 0 Å². The lowest BCUT2D eigenvalue weighted by Gasteiger charge is -2.16. The van der Waals surface area contributed by atoms with Crippen molar-refractivity contribution in [2.75, 3.05) is 0 Å². The van der Waals surface area contributed by atoms with Crippen LogP contribution >= 0.6 is 11.6 Å². The van der Waals surface area contributed by atoms with Crippen molar-refractivity contribution >= 4 is 11.6 Å². The fourth-order valence-electron chi connectivity index (χ4n) is 2.02. The summed E-state index contributed by atoms with van der Waals surface area (Å²) in [5.74, 6) is -1.37. The molecule has 0 fully saturated rings. The fraction of sp³-hybridized carbons (Fsp3) is 0.308. The van der Waals surface area contributed by atoms with E-state index in [0.717, 1.165) is 6.42 Å². The molecule has 1 aromatic carbocycles. The van der Waals surface area contributed by atoms with E-state index in [1.54, 1.807) is 4.68 Å². The highest BCUT2D eigenvalue weighted by molar-refractivity contribution is 6.31. The summed E-state index contributed by atoms with van der Waals surface area (Å²) in [7, 11) is 0. The van der Waals surface area contributed by atoms with Gasteiger partial charge in [0.05, 0.1) is 23.0 Å². The number of hydrogen-bond acceptors (Lipinski definition) is 2. The Morgan fingerprint density at radius 2 is 2.00 bits per heavy atom. The minimum absolute atomic E-state index is 0.192. The number of aryl methyl sites for hydroxylation is 1. The molecule has 0 saturated heterocycles. The Bertz CT molecular complexity index is 563. The minimum atomic E-state index is -0.984. The molecular weight excluding hydrogens is 272 g/mol. The standard InChI is InChI=1S/C13H14ClF2N3/c1-2-6-19-13(8(14)7-18-19)12(17)11-9(15)4-3-5-10(11)16/h3-5,7,12H,2,6,17H2,1H3. The molecule has 19 heavy (non-hydrogen) atoms. The zero-order valence-corrected chi connectivity index (χ0v) is 11.2. The Balaban J connectivity index is 2.50. The van der Waals surface area contributed by atoms with Gasteiger partial charge in [-0.3, -0.25) is 4.68 Å². The van der Waals surface area contributed by atoms with Gasteiger partial charge in [-0.25, -0.2) is 8.78 Å². The number of hydrogen-bond donors (Lipinski definition) is 1. The molecule has 0 radical (unpaired) electrons. The van der Waals surface area contributed by atoms with Gasteiger partial charge in [0.1, 0.15) is 11.6 Å². The Morgan fingerprint density at radius 1 is 1.37 bits per heavy atom. The second-order valence-corrected chi connectivity index (χ2v) is 4.62. The van der Waals surface area contributed by atoms with Crippen LogP contribution in [0.2, 0.25) is 5.02 Å². The van der Waals surface area contributed by atoms with E-state index in [4.69, 9.17) is 17.3 Å². The van der Waals surface area contributed by atoms with E-state index in [9.17, 15) is 8.78 Å². The number of nitrogens with two attached hydrogens (primary N) is 1. The molecule has 0 aliphatic heterocycles. The van der Waals surface area contributed by atoms with Crippen molar-refractivity contribution in [3.05, 3.63) is 52.3 Å². The van der Waals surface area contributed by atoms with Crippen LogP contribution in [0.25, 0.3) is 0 Å². The van der Waals surface area contributed by atoms with Gasteiger partial charge >= 0.3 is 0 Å². The summed E-state index contributed by atoms with van der Waals surface area (Å²) in [5, 5.41) is 4.38. The average molecular weight is 286 g/mol. The van der Waals surface area contributed by atoms with Gasteiger partial charge in [-0.1, -0.05) is 24.6 Å². The van der Waals surface area contributed by atoms with Crippen LogP contribution in [0.5, 0.6) is 0 Å². The monoisotopic (exact) mass is 285 g/mol. The molecule has 6 heteroatoms. The lowest BCUT2D eigenvalue weighted by molar-refractivity contribution is 0.516. The van der Waals surface area contributed by atoms with Crippen molar-refractivity contribution < 1.29 is 8.78 Å². The maximum absolute atomic E-state index is 13.7. The first-order valence-electron chi connectivity index (χ1n) is 5.97. The van der Waals surface area contributed by atoms with Crippen LogP contribution in [0.4, 0.5) is 8.78 Å². The molecule has 2 aromatic rings. The average Bonchev–Trinajstić information content (AvgIpc) is 2.70. The number of aromatic nitrogens is 2. The molecule has 2 N–H and O–H groups in total. The lowest BCUT2D eigenvalue weighted by atomic mass is 10.0. The molecule has 0 saturated carbocycles. The van der Waals surface area contributed by atoms with Crippen LogP contribution < -0.4 is 5.73 Å². The molecule has 0 spiro atoms. The highest BCUT2D eigenvalue weighted by Crippen LogP contribution is 2.29. The van der Waals surface area contributed by atoms with E-state index >= 15 is 0 Å². The summed E-state index contributed by atoms with van der Waals surface area (Å²) in [5.41, 5.74) is 6.20. The van der Waals surface area contributed by atoms with Crippen molar-refractivity contribution in [2.24, 2.45) is 5.73 Å². The van der Waals surface area contributed by atoms with Crippen LogP contribution in [-0.2, 0) is 6.54 Å². The highest BCUT2D eigenvalue weighted by atomic mass is 35.5. The van der Waals surface area contributed by atoms with Gasteiger partial charge in [0.15, 0.2) is 0 Å². The Kier molecular flexibility index (Phi) is 4.17. The first kappa shape index (κ1) is 14.0. The quantitative estimate of drug-likeness (QED) is 0.937. The second kappa shape index (κ2) is 5.67. The number of nitrogens with zero attached hydrogens (tertiary/aromatic N) is 2. The zero-order chi connectivity index (χ0) is 14.0. The SMILES string of the molecule is CCCn1ncc(Cl)c1C(N)c1c(F)cccc1F. The maximum atomic E-state index is 13.7. The fourth-order valence-corrected chi connectivity index (χ4v) is 2.27. The van der Waals surface area contributed by atoms with E-state index < -0.39 is 17.7 Å². The van der Waals surface area contributed by atoms with Crippen molar-refractivity contribution in [3.8, 4) is 0 Å². The van der Waals surface area contributed by atoms with Gasteiger partial charge in [-0.05, 0) is 18.6 Å². The predicted octanol–water partition coefficient (Wildman–Crippen LogP) is 3.27. The Labute approximate surface area is 115 Å². The minimum Gasteiger partial charge on any atom is -0.319 e. The Morgan fingerprint density at radius 3 is 2.58 bits per heavy atom. The predicted molar refractivity (Wildman–Crippen MR) is 69.9 cm³/mol. The maximum Gasteiger partial charge on any atom is 0.131 e. The largest absolute Gasteiger partial charge is 0.319 e. The van der Waals surface area contributed by atoms with E-state index in [1.165, 1.54) is 24.4 Å². The third-order valence-corrected chi connectivity index (χ3v) is 3.17. The van der Waals surface area contributed by atoms with Crippen molar-refractivity contribution in [1.82, 2.24) is 9.78 Å². The smallest absolute Gasteiger partial charge is 0.131 e. The van der Waals surface area contributed by atoms with Crippen LogP contribution in [0.3, 0.4) is 0 Å². The van der Waals surface area contributed by atoms with Crippen molar-refractivity contribution in [1.29, 1.82) is 0 Å². The van der Waals surface area contributed by atoms with E-state index in [2.05, 4.69) is 5.10 Å². The molecule has 1 aromatic heterocycles. The molecule has 0 amide bonds. The van der Waals surface area contributed by atoms with Gasteiger partial charge in [-0.2, -0.15) is 5.10 Å². The number of rotatable bonds is 4. The van der Waals surface area contributed by atoms with E-state index in [0.29, 0.717) is 17.3 Å². The van der Waals surface area contributed by atoms with Crippen LogP contribution in [0.1, 0.15) is 30.6 Å². The van der Waals surface area contributed by atoms with E-state index in [-0.39, 0.29) is 5.56 Å². The molecular formula is C13H14ClF2N3. The first-order chi connectivity index (χ1) is 9.06. The number of benzene rings is 1. The number of halogens is 3. The summed E-state index contributed by atoms with van der Waals surface area (Å²) in [6, 6.07) is 2.66. The Hall–Kier alpha value is -1.46. The first-order valence-corrected chi connectivity index (χ1v) is 6.34. The van der Waals surface area contributed by atoms with Crippen LogP contribution in [0.15, 0.2) is 24.4 Å². The summed E-state index contributed by atoms with van der Waals surface area (Å²) in [6.07, 6.45) is 2.25. The molecule has 1 atom stereocenters. The van der Waals surface area contributed by atoms with E-state index in [1.807, 2.05) is 6.92 Å².